The zero-order valence-electron chi connectivity index (χ0n) is 13.5. The summed E-state index contributed by atoms with van der Waals surface area (Å²) < 4.78 is 10.8. The lowest BCUT2D eigenvalue weighted by Gasteiger charge is -2.12. The molecule has 6 heteroatoms. The van der Waals surface area contributed by atoms with Crippen LogP contribution in [0, 0.1) is 0 Å². The van der Waals surface area contributed by atoms with Gasteiger partial charge in [-0.3, -0.25) is 5.10 Å². The molecule has 0 unspecified atom stereocenters. The van der Waals surface area contributed by atoms with Gasteiger partial charge < -0.3 is 14.1 Å². The molecule has 0 saturated heterocycles. The number of oxazole rings is 1. The fourth-order valence-electron chi connectivity index (χ4n) is 2.29. The van der Waals surface area contributed by atoms with Crippen LogP contribution < -0.4 is 9.64 Å². The molecule has 0 aliphatic rings. The van der Waals surface area contributed by atoms with Gasteiger partial charge >= 0.3 is 0 Å². The zero-order chi connectivity index (χ0) is 16.2. The summed E-state index contributed by atoms with van der Waals surface area (Å²) in [5.74, 6) is 3.26. The fourth-order valence-corrected chi connectivity index (χ4v) is 2.29. The number of nitrogens with zero attached hydrogens (tertiary/aromatic N) is 3. The van der Waals surface area contributed by atoms with Gasteiger partial charge in [0.2, 0.25) is 5.89 Å². The first-order valence-corrected chi connectivity index (χ1v) is 7.54. The molecule has 1 N–H and O–H groups in total. The molecule has 0 fully saturated rings. The quantitative estimate of drug-likeness (QED) is 0.756. The van der Waals surface area contributed by atoms with Gasteiger partial charge in [-0.05, 0) is 29.8 Å². The normalized spacial score (nSPS) is 10.7. The summed E-state index contributed by atoms with van der Waals surface area (Å²) in [7, 11) is 3.62. The molecule has 0 saturated carbocycles. The Bertz CT molecular complexity index is 761. The molecule has 2 heterocycles. The number of hydrogen-bond donors (Lipinski definition) is 1. The number of aromatic amines is 1. The lowest BCUT2D eigenvalue weighted by molar-refractivity contribution is 0.415. The molecule has 3 aromatic rings. The van der Waals surface area contributed by atoms with Crippen LogP contribution in [0.5, 0.6) is 5.75 Å². The third-order valence-corrected chi connectivity index (χ3v) is 3.68. The number of methoxy groups -OCH3 is 1. The van der Waals surface area contributed by atoms with Crippen molar-refractivity contribution in [1.29, 1.82) is 0 Å². The third kappa shape index (κ3) is 3.36. The summed E-state index contributed by atoms with van der Waals surface area (Å²) in [5, 5.41) is 7.42. The number of benzene rings is 1. The highest BCUT2D eigenvalue weighted by Gasteiger charge is 2.11. The second-order valence-corrected chi connectivity index (χ2v) is 5.30. The van der Waals surface area contributed by atoms with E-state index in [2.05, 4.69) is 15.2 Å². The van der Waals surface area contributed by atoms with E-state index in [1.807, 2.05) is 49.2 Å². The lowest BCUT2D eigenvalue weighted by atomic mass is 10.1. The second-order valence-electron chi connectivity index (χ2n) is 5.30. The Kier molecular flexibility index (Phi) is 4.32. The lowest BCUT2D eigenvalue weighted by Crippen LogP contribution is -2.16. The van der Waals surface area contributed by atoms with Crippen LogP contribution in [0.2, 0.25) is 0 Å². The third-order valence-electron chi connectivity index (χ3n) is 3.68. The number of H-pyrrole nitrogens is 1. The Labute approximate surface area is 135 Å². The van der Waals surface area contributed by atoms with Crippen LogP contribution in [0.15, 0.2) is 40.9 Å². The molecule has 3 rings (SSSR count). The van der Waals surface area contributed by atoms with Crippen molar-refractivity contribution in [1.82, 2.24) is 15.2 Å². The molecular weight excluding hydrogens is 292 g/mol. The number of rotatable bonds is 6. The standard InChI is InChI=1S/C17H20N4O2/c1-4-13-10-18-17(23-13)11-21(2)16-9-15(19-20-16)12-5-7-14(22-3)8-6-12/h5-10H,4,11H2,1-3H3,(H,19,20). The van der Waals surface area contributed by atoms with Crippen molar-refractivity contribution in [3.05, 3.63) is 48.2 Å². The molecule has 0 radical (unpaired) electrons. The predicted molar refractivity (Wildman–Crippen MR) is 88.6 cm³/mol. The monoisotopic (exact) mass is 312 g/mol. The van der Waals surface area contributed by atoms with Gasteiger partial charge in [-0.2, -0.15) is 5.10 Å². The Morgan fingerprint density at radius 2 is 2.04 bits per heavy atom. The van der Waals surface area contributed by atoms with Crippen LogP contribution in [0.4, 0.5) is 5.82 Å². The van der Waals surface area contributed by atoms with E-state index in [-0.39, 0.29) is 0 Å². The molecular formula is C17H20N4O2. The average molecular weight is 312 g/mol. The molecule has 0 amide bonds. The topological polar surface area (TPSA) is 67.2 Å². The van der Waals surface area contributed by atoms with E-state index in [0.29, 0.717) is 12.4 Å². The number of aryl methyl sites for hydroxylation is 1. The highest BCUT2D eigenvalue weighted by Crippen LogP contribution is 2.24. The van der Waals surface area contributed by atoms with Crippen molar-refractivity contribution in [3.63, 3.8) is 0 Å². The number of aromatic nitrogens is 3. The van der Waals surface area contributed by atoms with Crippen LogP contribution >= 0.6 is 0 Å². The van der Waals surface area contributed by atoms with Crippen molar-refractivity contribution < 1.29 is 9.15 Å². The maximum absolute atomic E-state index is 5.64. The van der Waals surface area contributed by atoms with Gasteiger partial charge in [-0.1, -0.05) is 6.92 Å². The molecule has 120 valence electrons. The Balaban J connectivity index is 1.72. The smallest absolute Gasteiger partial charge is 0.213 e. The van der Waals surface area contributed by atoms with Crippen LogP contribution in [0.1, 0.15) is 18.6 Å². The van der Waals surface area contributed by atoms with Crippen molar-refractivity contribution in [3.8, 4) is 17.0 Å². The molecule has 0 aliphatic carbocycles. The first kappa shape index (κ1) is 15.1. The summed E-state index contributed by atoms with van der Waals surface area (Å²) in [5.41, 5.74) is 2.01. The van der Waals surface area contributed by atoms with E-state index in [1.165, 1.54) is 0 Å². The van der Waals surface area contributed by atoms with E-state index in [9.17, 15) is 0 Å². The first-order valence-electron chi connectivity index (χ1n) is 7.54. The molecule has 0 aliphatic heterocycles. The van der Waals surface area contributed by atoms with Crippen molar-refractivity contribution in [2.45, 2.75) is 19.9 Å². The Morgan fingerprint density at radius 1 is 1.26 bits per heavy atom. The van der Waals surface area contributed by atoms with Crippen molar-refractivity contribution >= 4 is 5.82 Å². The Hall–Kier alpha value is -2.76. The van der Waals surface area contributed by atoms with Gasteiger partial charge in [0.05, 0.1) is 25.5 Å². The fraction of sp³-hybridized carbons (Fsp3) is 0.294. The van der Waals surface area contributed by atoms with Crippen molar-refractivity contribution in [2.24, 2.45) is 0 Å². The molecule has 0 bridgehead atoms. The maximum atomic E-state index is 5.64. The summed E-state index contributed by atoms with van der Waals surface area (Å²) in [6.45, 7) is 2.62. The van der Waals surface area contributed by atoms with Gasteiger partial charge in [0.15, 0.2) is 5.82 Å². The average Bonchev–Trinajstić information content (AvgIpc) is 3.24. The van der Waals surface area contributed by atoms with Gasteiger partial charge in [-0.15, -0.1) is 0 Å². The molecule has 6 nitrogen and oxygen atoms in total. The van der Waals surface area contributed by atoms with Crippen LogP contribution in [0.25, 0.3) is 11.3 Å². The van der Waals surface area contributed by atoms with Gasteiger partial charge in [-0.25, -0.2) is 4.98 Å². The van der Waals surface area contributed by atoms with E-state index < -0.39 is 0 Å². The molecule has 0 atom stereocenters. The first-order chi connectivity index (χ1) is 11.2. The van der Waals surface area contributed by atoms with Crippen LogP contribution in [-0.4, -0.2) is 29.3 Å². The minimum absolute atomic E-state index is 0.576. The largest absolute Gasteiger partial charge is 0.497 e. The predicted octanol–water partition coefficient (Wildman–Crippen LogP) is 3.27. The minimum Gasteiger partial charge on any atom is -0.497 e. The van der Waals surface area contributed by atoms with E-state index in [0.717, 1.165) is 35.0 Å². The van der Waals surface area contributed by atoms with E-state index in [4.69, 9.17) is 9.15 Å². The van der Waals surface area contributed by atoms with Crippen molar-refractivity contribution in [2.75, 3.05) is 19.1 Å². The minimum atomic E-state index is 0.576. The summed E-state index contributed by atoms with van der Waals surface area (Å²) >= 11 is 0. The van der Waals surface area contributed by atoms with Gasteiger partial charge in [0.25, 0.3) is 0 Å². The highest BCUT2D eigenvalue weighted by atomic mass is 16.5. The van der Waals surface area contributed by atoms with E-state index >= 15 is 0 Å². The van der Waals surface area contributed by atoms with Crippen LogP contribution in [-0.2, 0) is 13.0 Å². The number of anilines is 1. The SMILES string of the molecule is CCc1cnc(CN(C)c2cc(-c3ccc(OC)cc3)[nH]n2)o1. The summed E-state index contributed by atoms with van der Waals surface area (Å²) in [6, 6.07) is 9.86. The van der Waals surface area contributed by atoms with Gasteiger partial charge in [0.1, 0.15) is 11.5 Å². The number of nitrogens with one attached hydrogen (secondary N) is 1. The van der Waals surface area contributed by atoms with Gasteiger partial charge in [0, 0.05) is 19.5 Å². The van der Waals surface area contributed by atoms with Crippen LogP contribution in [0.3, 0.4) is 0 Å². The van der Waals surface area contributed by atoms with E-state index in [1.54, 1.807) is 13.3 Å². The Morgan fingerprint density at radius 3 is 2.70 bits per heavy atom. The number of hydrogen-bond acceptors (Lipinski definition) is 5. The molecule has 23 heavy (non-hydrogen) atoms. The zero-order valence-corrected chi connectivity index (χ0v) is 13.5. The summed E-state index contributed by atoms with van der Waals surface area (Å²) in [4.78, 5) is 6.27. The number of ether oxygens (including phenoxy) is 1. The molecule has 1 aromatic carbocycles. The maximum Gasteiger partial charge on any atom is 0.213 e. The summed E-state index contributed by atoms with van der Waals surface area (Å²) in [6.07, 6.45) is 2.62. The highest BCUT2D eigenvalue weighted by molar-refractivity contribution is 5.63. The second kappa shape index (κ2) is 6.56. The molecule has 0 spiro atoms. The molecule has 2 aromatic heterocycles.